The van der Waals surface area contributed by atoms with Gasteiger partial charge in [0.05, 0.1) is 6.61 Å². The van der Waals surface area contributed by atoms with Crippen molar-refractivity contribution in [3.8, 4) is 5.75 Å². The molecule has 1 aliphatic rings. The summed E-state index contributed by atoms with van der Waals surface area (Å²) in [7, 11) is 0. The predicted octanol–water partition coefficient (Wildman–Crippen LogP) is 3.08. The molecule has 2 amide bonds. The van der Waals surface area contributed by atoms with E-state index in [4.69, 9.17) is 4.74 Å². The molecule has 7 heteroatoms. The number of aromatic nitrogens is 3. The lowest BCUT2D eigenvalue weighted by atomic mass is 10.2. The van der Waals surface area contributed by atoms with E-state index in [9.17, 15) is 4.79 Å². The van der Waals surface area contributed by atoms with Crippen molar-refractivity contribution in [2.45, 2.75) is 52.5 Å². The molecule has 1 aromatic carbocycles. The fourth-order valence-corrected chi connectivity index (χ4v) is 3.22. The molecule has 1 aromatic heterocycles. The van der Waals surface area contributed by atoms with E-state index in [0.29, 0.717) is 19.6 Å². The number of carbonyl (C=O) groups excluding carboxylic acids is 1. The number of hydrogen-bond donors (Lipinski definition) is 2. The molecule has 2 aromatic rings. The molecule has 0 radical (unpaired) electrons. The van der Waals surface area contributed by atoms with Gasteiger partial charge in [-0.3, -0.25) is 0 Å². The normalized spacial score (nSPS) is 13.6. The molecule has 0 saturated heterocycles. The minimum absolute atomic E-state index is 0.215. The van der Waals surface area contributed by atoms with Gasteiger partial charge < -0.3 is 19.9 Å². The van der Waals surface area contributed by atoms with E-state index in [-0.39, 0.29) is 6.03 Å². The number of ether oxygens (including phenoxy) is 1. The largest absolute Gasteiger partial charge is 0.494 e. The Labute approximate surface area is 154 Å². The highest BCUT2D eigenvalue weighted by atomic mass is 16.5. The van der Waals surface area contributed by atoms with Crippen molar-refractivity contribution < 1.29 is 9.53 Å². The third-order valence-electron chi connectivity index (χ3n) is 4.58. The number of carbonyl (C=O) groups is 1. The fraction of sp³-hybridized carbons (Fsp3) is 0.526. The first-order chi connectivity index (χ1) is 12.7. The van der Waals surface area contributed by atoms with Gasteiger partial charge in [0.25, 0.3) is 0 Å². The van der Waals surface area contributed by atoms with Crippen molar-refractivity contribution in [3.05, 3.63) is 35.4 Å². The maximum atomic E-state index is 12.2. The fourth-order valence-electron chi connectivity index (χ4n) is 3.22. The molecule has 0 atom stereocenters. The Balaban J connectivity index is 1.50. The van der Waals surface area contributed by atoms with E-state index in [0.717, 1.165) is 41.6 Å². The molecule has 0 unspecified atom stereocenters. The molecule has 0 saturated carbocycles. The molecule has 0 bridgehead atoms. The van der Waals surface area contributed by atoms with Gasteiger partial charge in [-0.15, -0.1) is 10.2 Å². The molecule has 3 rings (SSSR count). The Hall–Kier alpha value is -2.57. The Morgan fingerprint density at radius 2 is 2.15 bits per heavy atom. The van der Waals surface area contributed by atoms with Crippen LogP contribution in [0.25, 0.3) is 0 Å². The van der Waals surface area contributed by atoms with E-state index in [1.165, 1.54) is 19.3 Å². The molecular weight excluding hydrogens is 330 g/mol. The summed E-state index contributed by atoms with van der Waals surface area (Å²) in [6.07, 6.45) is 5.27. The van der Waals surface area contributed by atoms with Crippen LogP contribution in [0.4, 0.5) is 10.5 Å². The van der Waals surface area contributed by atoms with Gasteiger partial charge in [0, 0.05) is 31.6 Å². The summed E-state index contributed by atoms with van der Waals surface area (Å²) in [5, 5.41) is 14.4. The van der Waals surface area contributed by atoms with Crippen LogP contribution in [0, 0.1) is 6.92 Å². The van der Waals surface area contributed by atoms with Crippen molar-refractivity contribution in [1.82, 2.24) is 20.1 Å². The first kappa shape index (κ1) is 18.2. The zero-order valence-corrected chi connectivity index (χ0v) is 15.5. The van der Waals surface area contributed by atoms with Crippen LogP contribution in [0.2, 0.25) is 0 Å². The van der Waals surface area contributed by atoms with Crippen LogP contribution in [-0.2, 0) is 19.4 Å². The molecule has 7 nitrogen and oxygen atoms in total. The number of hydrogen-bond acceptors (Lipinski definition) is 4. The van der Waals surface area contributed by atoms with Crippen LogP contribution in [0.1, 0.15) is 43.4 Å². The molecule has 0 fully saturated rings. The second kappa shape index (κ2) is 8.69. The van der Waals surface area contributed by atoms with E-state index >= 15 is 0 Å². The van der Waals surface area contributed by atoms with Gasteiger partial charge in [-0.2, -0.15) is 0 Å². The number of fused-ring (bicyclic) bond motifs is 1. The number of urea groups is 1. The maximum absolute atomic E-state index is 12.2. The minimum atomic E-state index is -0.215. The second-order valence-corrected chi connectivity index (χ2v) is 6.54. The quantitative estimate of drug-likeness (QED) is 0.832. The van der Waals surface area contributed by atoms with E-state index in [2.05, 4.69) is 25.4 Å². The first-order valence-electron chi connectivity index (χ1n) is 9.36. The van der Waals surface area contributed by atoms with Crippen molar-refractivity contribution in [2.24, 2.45) is 0 Å². The Bertz CT molecular complexity index is 756. The van der Waals surface area contributed by atoms with Crippen molar-refractivity contribution in [2.75, 3.05) is 18.5 Å². The van der Waals surface area contributed by atoms with Gasteiger partial charge >= 0.3 is 6.03 Å². The highest BCUT2D eigenvalue weighted by Crippen LogP contribution is 2.21. The van der Waals surface area contributed by atoms with E-state index in [1.54, 1.807) is 0 Å². The topological polar surface area (TPSA) is 81.1 Å². The van der Waals surface area contributed by atoms with Crippen molar-refractivity contribution >= 4 is 11.7 Å². The van der Waals surface area contributed by atoms with Crippen LogP contribution in [0.15, 0.2) is 18.2 Å². The highest BCUT2D eigenvalue weighted by Gasteiger charge is 2.14. The van der Waals surface area contributed by atoms with Gasteiger partial charge in [-0.25, -0.2) is 4.79 Å². The molecule has 0 spiro atoms. The third-order valence-corrected chi connectivity index (χ3v) is 4.58. The van der Waals surface area contributed by atoms with Gasteiger partial charge in [-0.05, 0) is 50.5 Å². The van der Waals surface area contributed by atoms with E-state index in [1.807, 2.05) is 32.0 Å². The summed E-state index contributed by atoms with van der Waals surface area (Å²) in [6.45, 7) is 6.03. The predicted molar refractivity (Wildman–Crippen MR) is 101 cm³/mol. The third kappa shape index (κ3) is 4.53. The number of aryl methyl sites for hydroxylation is 2. The number of amides is 2. The summed E-state index contributed by atoms with van der Waals surface area (Å²) < 4.78 is 7.68. The van der Waals surface area contributed by atoms with Crippen LogP contribution < -0.4 is 15.4 Å². The number of nitrogens with one attached hydrogen (secondary N) is 2. The van der Waals surface area contributed by atoms with Crippen molar-refractivity contribution in [3.63, 3.8) is 0 Å². The van der Waals surface area contributed by atoms with Crippen molar-refractivity contribution in [1.29, 1.82) is 0 Å². The molecular formula is C19H27N5O2. The summed E-state index contributed by atoms with van der Waals surface area (Å²) in [6, 6.07) is 5.42. The van der Waals surface area contributed by atoms with Gasteiger partial charge in [0.1, 0.15) is 17.4 Å². The van der Waals surface area contributed by atoms with Crippen LogP contribution >= 0.6 is 0 Å². The molecule has 1 aliphatic heterocycles. The molecule has 2 heterocycles. The number of benzene rings is 1. The standard InChI is InChI=1S/C19H27N5O2/c1-3-26-15-8-9-16(14(2)13-15)21-19(25)20-11-10-18-23-22-17-7-5-4-6-12-24(17)18/h8-9,13H,3-7,10-12H2,1-2H3,(H2,20,21,25). The first-order valence-corrected chi connectivity index (χ1v) is 9.36. The number of nitrogens with zero attached hydrogens (tertiary/aromatic N) is 3. The van der Waals surface area contributed by atoms with Crippen LogP contribution in [0.5, 0.6) is 5.75 Å². The lowest BCUT2D eigenvalue weighted by molar-refractivity contribution is 0.252. The average molecular weight is 357 g/mol. The lowest BCUT2D eigenvalue weighted by Crippen LogP contribution is -2.31. The SMILES string of the molecule is CCOc1ccc(NC(=O)NCCc2nnc3n2CCCCC3)c(C)c1. The molecule has 0 aliphatic carbocycles. The van der Waals surface area contributed by atoms with E-state index < -0.39 is 0 Å². The molecule has 26 heavy (non-hydrogen) atoms. The Morgan fingerprint density at radius 3 is 2.96 bits per heavy atom. The van der Waals surface area contributed by atoms with Gasteiger partial charge in [0.15, 0.2) is 0 Å². The Kier molecular flexibility index (Phi) is 6.09. The maximum Gasteiger partial charge on any atom is 0.319 e. The lowest BCUT2D eigenvalue weighted by Gasteiger charge is -2.12. The smallest absolute Gasteiger partial charge is 0.319 e. The molecule has 140 valence electrons. The summed E-state index contributed by atoms with van der Waals surface area (Å²) in [5.41, 5.74) is 1.75. The average Bonchev–Trinajstić information content (AvgIpc) is 2.85. The summed E-state index contributed by atoms with van der Waals surface area (Å²) in [5.74, 6) is 2.84. The summed E-state index contributed by atoms with van der Waals surface area (Å²) in [4.78, 5) is 12.2. The van der Waals surface area contributed by atoms with Gasteiger partial charge in [0.2, 0.25) is 0 Å². The molecule has 2 N–H and O–H groups in total. The Morgan fingerprint density at radius 1 is 1.27 bits per heavy atom. The summed E-state index contributed by atoms with van der Waals surface area (Å²) >= 11 is 0. The van der Waals surface area contributed by atoms with Crippen LogP contribution in [0.3, 0.4) is 0 Å². The number of rotatable bonds is 6. The zero-order chi connectivity index (χ0) is 18.4. The monoisotopic (exact) mass is 357 g/mol. The second-order valence-electron chi connectivity index (χ2n) is 6.54. The van der Waals surface area contributed by atoms with Gasteiger partial charge in [-0.1, -0.05) is 6.42 Å². The van der Waals surface area contributed by atoms with Crippen LogP contribution in [-0.4, -0.2) is 33.9 Å². The minimum Gasteiger partial charge on any atom is -0.494 e. The number of anilines is 1. The highest BCUT2D eigenvalue weighted by molar-refractivity contribution is 5.90. The zero-order valence-electron chi connectivity index (χ0n) is 15.5.